The predicted octanol–water partition coefficient (Wildman–Crippen LogP) is 2.44. The van der Waals surface area contributed by atoms with E-state index in [1.54, 1.807) is 31.0 Å². The number of likely N-dealkylation sites (N-methyl/N-ethyl adjacent to an activating group) is 1. The minimum absolute atomic E-state index is 0.0184. The van der Waals surface area contributed by atoms with E-state index in [9.17, 15) is 14.0 Å². The number of carbonyl (C=O) groups is 2. The number of para-hydroxylation sites is 1. The Bertz CT molecular complexity index is 951. The molecule has 1 aliphatic rings. The molecule has 2 amide bonds. The van der Waals surface area contributed by atoms with E-state index < -0.39 is 5.82 Å². The molecule has 0 bridgehead atoms. The van der Waals surface area contributed by atoms with Crippen molar-refractivity contribution in [2.75, 3.05) is 44.4 Å². The fourth-order valence-corrected chi connectivity index (χ4v) is 3.70. The van der Waals surface area contributed by atoms with Gasteiger partial charge in [-0.15, -0.1) is 0 Å². The third-order valence-electron chi connectivity index (χ3n) is 5.19. The topological polar surface area (TPSA) is 81.7 Å². The highest BCUT2D eigenvalue weighted by atomic mass is 19.1. The van der Waals surface area contributed by atoms with Crippen molar-refractivity contribution in [3.63, 3.8) is 0 Å². The Morgan fingerprint density at radius 3 is 2.65 bits per heavy atom. The molecule has 0 spiro atoms. The minimum atomic E-state index is -0.471. The van der Waals surface area contributed by atoms with Crippen LogP contribution in [0.2, 0.25) is 0 Å². The molecular weight excluding hydrogens is 399 g/mol. The van der Waals surface area contributed by atoms with Crippen LogP contribution in [0.25, 0.3) is 0 Å². The van der Waals surface area contributed by atoms with Crippen LogP contribution in [-0.2, 0) is 16.1 Å². The van der Waals surface area contributed by atoms with Gasteiger partial charge in [0.05, 0.1) is 24.0 Å². The van der Waals surface area contributed by atoms with Gasteiger partial charge in [0.15, 0.2) is 5.82 Å². The summed E-state index contributed by atoms with van der Waals surface area (Å²) >= 11 is 0. The van der Waals surface area contributed by atoms with Crippen LogP contribution < -0.4 is 10.2 Å². The molecule has 2 heterocycles. The molecule has 1 N–H and O–H groups in total. The molecule has 1 fully saturated rings. The Hall–Kier alpha value is -3.07. The van der Waals surface area contributed by atoms with Crippen molar-refractivity contribution in [2.24, 2.45) is 0 Å². The molecular formula is C22H29FN6O2. The Kier molecular flexibility index (Phi) is 7.17. The van der Waals surface area contributed by atoms with E-state index in [-0.39, 0.29) is 30.1 Å². The number of benzene rings is 1. The lowest BCUT2D eigenvalue weighted by molar-refractivity contribution is -0.129. The first-order chi connectivity index (χ1) is 14.7. The van der Waals surface area contributed by atoms with E-state index in [1.165, 1.54) is 12.1 Å². The van der Waals surface area contributed by atoms with Gasteiger partial charge in [0.25, 0.3) is 0 Å². The second kappa shape index (κ2) is 9.82. The first-order valence-electron chi connectivity index (χ1n) is 10.3. The molecule has 0 saturated carbocycles. The highest BCUT2D eigenvalue weighted by Crippen LogP contribution is 2.31. The van der Waals surface area contributed by atoms with Gasteiger partial charge in [0.1, 0.15) is 11.6 Å². The summed E-state index contributed by atoms with van der Waals surface area (Å²) in [4.78, 5) is 39.2. The third kappa shape index (κ3) is 5.75. The molecule has 8 nitrogen and oxygen atoms in total. The summed E-state index contributed by atoms with van der Waals surface area (Å²) in [5.74, 6) is 0.608. The van der Waals surface area contributed by atoms with Gasteiger partial charge in [-0.3, -0.25) is 14.5 Å². The zero-order chi connectivity index (χ0) is 22.5. The number of anilines is 2. The second-order valence-electron chi connectivity index (χ2n) is 8.04. The summed E-state index contributed by atoms with van der Waals surface area (Å²) in [5.41, 5.74) is 0.913. The number of nitrogens with one attached hydrogen (secondary N) is 1. The van der Waals surface area contributed by atoms with Gasteiger partial charge in [-0.1, -0.05) is 12.1 Å². The molecule has 1 aromatic carbocycles. The van der Waals surface area contributed by atoms with Crippen LogP contribution >= 0.6 is 0 Å². The van der Waals surface area contributed by atoms with Crippen molar-refractivity contribution in [1.29, 1.82) is 0 Å². The van der Waals surface area contributed by atoms with E-state index in [0.29, 0.717) is 18.9 Å². The van der Waals surface area contributed by atoms with E-state index in [2.05, 4.69) is 10.3 Å². The van der Waals surface area contributed by atoms with Crippen LogP contribution in [0.5, 0.6) is 0 Å². The summed E-state index contributed by atoms with van der Waals surface area (Å²) in [6, 6.07) is 7.81. The number of likely N-dealkylation sites (tertiary alicyclic amines) is 1. The van der Waals surface area contributed by atoms with Gasteiger partial charge in [0.2, 0.25) is 11.8 Å². The van der Waals surface area contributed by atoms with E-state index >= 15 is 0 Å². The highest BCUT2D eigenvalue weighted by Gasteiger charge is 2.30. The normalized spacial score (nSPS) is 15.9. The fourth-order valence-electron chi connectivity index (χ4n) is 3.70. The molecule has 1 aliphatic heterocycles. The van der Waals surface area contributed by atoms with Crippen molar-refractivity contribution in [1.82, 2.24) is 19.8 Å². The number of halogens is 1. The summed E-state index contributed by atoms with van der Waals surface area (Å²) in [7, 11) is 5.60. The fraction of sp³-hybridized carbons (Fsp3) is 0.455. The molecule has 1 unspecified atom stereocenters. The Morgan fingerprint density at radius 2 is 1.97 bits per heavy atom. The maximum absolute atomic E-state index is 13.8. The molecule has 1 saturated heterocycles. The van der Waals surface area contributed by atoms with Gasteiger partial charge in [-0.2, -0.15) is 0 Å². The molecule has 1 atom stereocenters. The minimum Gasteiger partial charge on any atom is -0.363 e. The monoisotopic (exact) mass is 428 g/mol. The van der Waals surface area contributed by atoms with Gasteiger partial charge in [0, 0.05) is 40.2 Å². The van der Waals surface area contributed by atoms with Gasteiger partial charge in [-0.05, 0) is 32.0 Å². The number of aromatic nitrogens is 2. The SMILES string of the molecule is CC(=O)N1CCCC1c1nc(CN(C)CC(=O)Nc2ccccc2F)cc(N(C)C)n1. The lowest BCUT2D eigenvalue weighted by Gasteiger charge is -2.24. The van der Waals surface area contributed by atoms with Crippen LogP contribution in [0, 0.1) is 5.82 Å². The van der Waals surface area contributed by atoms with Crippen LogP contribution in [0.3, 0.4) is 0 Å². The van der Waals surface area contributed by atoms with E-state index in [4.69, 9.17) is 4.98 Å². The largest absolute Gasteiger partial charge is 0.363 e. The molecule has 0 radical (unpaired) electrons. The zero-order valence-electron chi connectivity index (χ0n) is 18.4. The summed E-state index contributed by atoms with van der Waals surface area (Å²) < 4.78 is 13.8. The number of hydrogen-bond donors (Lipinski definition) is 1. The van der Waals surface area contributed by atoms with Crippen molar-refractivity contribution in [3.05, 3.63) is 47.7 Å². The molecule has 0 aliphatic carbocycles. The molecule has 31 heavy (non-hydrogen) atoms. The van der Waals surface area contributed by atoms with Crippen molar-refractivity contribution in [2.45, 2.75) is 32.4 Å². The van der Waals surface area contributed by atoms with Gasteiger partial charge >= 0.3 is 0 Å². The maximum Gasteiger partial charge on any atom is 0.238 e. The van der Waals surface area contributed by atoms with Crippen molar-refractivity contribution >= 4 is 23.3 Å². The summed E-state index contributed by atoms with van der Waals surface area (Å²) in [5, 5.41) is 2.59. The van der Waals surface area contributed by atoms with E-state index in [1.807, 2.05) is 30.0 Å². The van der Waals surface area contributed by atoms with Crippen LogP contribution in [0.1, 0.15) is 37.3 Å². The van der Waals surface area contributed by atoms with Crippen molar-refractivity contribution < 1.29 is 14.0 Å². The Morgan fingerprint density at radius 1 is 1.23 bits per heavy atom. The lowest BCUT2D eigenvalue weighted by Crippen LogP contribution is -2.32. The average Bonchev–Trinajstić information content (AvgIpc) is 3.19. The third-order valence-corrected chi connectivity index (χ3v) is 5.19. The highest BCUT2D eigenvalue weighted by molar-refractivity contribution is 5.92. The summed E-state index contributed by atoms with van der Waals surface area (Å²) in [6.45, 7) is 2.76. The van der Waals surface area contributed by atoms with Crippen LogP contribution in [0.4, 0.5) is 15.9 Å². The van der Waals surface area contributed by atoms with Crippen LogP contribution in [-0.4, -0.2) is 65.8 Å². The zero-order valence-corrected chi connectivity index (χ0v) is 18.4. The van der Waals surface area contributed by atoms with E-state index in [0.717, 1.165) is 24.4 Å². The van der Waals surface area contributed by atoms with Crippen molar-refractivity contribution in [3.8, 4) is 0 Å². The number of hydrogen-bond acceptors (Lipinski definition) is 6. The van der Waals surface area contributed by atoms with Gasteiger partial charge in [-0.25, -0.2) is 14.4 Å². The number of nitrogens with zero attached hydrogens (tertiary/aromatic N) is 5. The molecule has 166 valence electrons. The quantitative estimate of drug-likeness (QED) is 0.730. The maximum atomic E-state index is 13.8. The predicted molar refractivity (Wildman–Crippen MR) is 117 cm³/mol. The molecule has 2 aromatic rings. The number of carbonyl (C=O) groups excluding carboxylic acids is 2. The molecule has 1 aromatic heterocycles. The Labute approximate surface area is 182 Å². The average molecular weight is 429 g/mol. The molecule has 3 rings (SSSR count). The first kappa shape index (κ1) is 22.6. The smallest absolute Gasteiger partial charge is 0.238 e. The second-order valence-corrected chi connectivity index (χ2v) is 8.04. The number of rotatable bonds is 7. The number of amides is 2. The van der Waals surface area contributed by atoms with Gasteiger partial charge < -0.3 is 15.1 Å². The summed E-state index contributed by atoms with van der Waals surface area (Å²) in [6.07, 6.45) is 1.75. The first-order valence-corrected chi connectivity index (χ1v) is 10.3. The molecule has 9 heteroatoms. The standard InChI is InChI=1S/C22H29FN6O2/c1-15(30)29-11-7-10-19(29)22-24-16(12-20(26-22)27(2)3)13-28(4)14-21(31)25-18-9-6-5-8-17(18)23/h5-6,8-9,12,19H,7,10-11,13-14H2,1-4H3,(H,25,31). The Balaban J connectivity index is 1.72. The van der Waals surface area contributed by atoms with Crippen LogP contribution in [0.15, 0.2) is 30.3 Å². The lowest BCUT2D eigenvalue weighted by atomic mass is 10.2.